The highest BCUT2D eigenvalue weighted by Crippen LogP contribution is 2.37. The second-order valence-electron chi connectivity index (χ2n) is 22.1. The Bertz CT molecular complexity index is 4860. The van der Waals surface area contributed by atoms with E-state index in [1.54, 1.807) is 50.0 Å². The SMILES string of the molecule is CC(C)S(=O)(=O)Cc1ccc(F)c(C(=O)c2c[nH]c3ncc(-c4cccnc4)cc23)c1F.CCCS(=O)(=O)Nc1ccc(F)c(C(=O)c2c[nH]c3ncc(Cl)cc23)c1F.CN(C)CCOc1ccc(-c2nc(-c3ccc4c(c3)CC/C4=N\O)c(-c3ccncc3)[nH]2)cc1. The second-order valence-corrected chi connectivity index (χ2v) is 26.9. The molecule has 19 nitrogen and oxygen atoms in total. The van der Waals surface area contributed by atoms with Gasteiger partial charge in [0.05, 0.1) is 55.7 Å². The highest BCUT2D eigenvalue weighted by molar-refractivity contribution is 7.92. The third-order valence-corrected chi connectivity index (χ3v) is 18.9. The number of aromatic nitrogens is 8. The van der Waals surface area contributed by atoms with Gasteiger partial charge in [0.2, 0.25) is 21.6 Å². The molecule has 5 N–H and O–H groups in total. The number of anilines is 1. The lowest BCUT2D eigenvalue weighted by Gasteiger charge is -2.11. The standard InChI is InChI=1S/C27H27N5O2.C23H19F2N3O3S.C17H14ClF2N3O3S/c1-32(2)15-16-34-22-7-3-19(4-8-22)27-29-25(18-11-13-28-14-12-18)26(30-27)21-5-9-23-20(17-21)6-10-24(23)31-33;1-13(2)32(30,31)12-15-5-6-19(24)20(21(15)25)22(29)18-11-28-23-17(18)8-16(10-27-23)14-4-3-7-26-9-14;1-2-5-27(25,26)23-13-4-3-12(19)14(15(13)20)16(24)11-8-22-17-10(11)6-9(18)7-21-17/h3-5,7-9,11-14,17,33H,6,10,15-16H2,1-2H3,(H,29,30);3-11,13H,12H2,1-2H3,(H,27,28);3-4,6-8,23H,2,5H2,1H3,(H,21,22)/b31-24+;;. The molecular formula is C67H60ClF4N11O8S2. The van der Waals surface area contributed by atoms with E-state index in [1.165, 1.54) is 44.1 Å². The van der Waals surface area contributed by atoms with Gasteiger partial charge >= 0.3 is 0 Å². The predicted octanol–water partition coefficient (Wildman–Crippen LogP) is 13.2. The fourth-order valence-corrected chi connectivity index (χ4v) is 12.4. The number of sulfonamides is 1. The maximum absolute atomic E-state index is 15.2. The van der Waals surface area contributed by atoms with Gasteiger partial charge in [-0.1, -0.05) is 47.9 Å². The van der Waals surface area contributed by atoms with Gasteiger partial charge in [-0.05, 0) is 132 Å². The molecule has 4 aromatic carbocycles. The number of nitrogens with zero attached hydrogens (tertiary/aromatic N) is 7. The number of halogens is 5. The quantitative estimate of drug-likeness (QED) is 0.0218. The minimum Gasteiger partial charge on any atom is -0.492 e. The lowest BCUT2D eigenvalue weighted by atomic mass is 9.99. The first-order valence-electron chi connectivity index (χ1n) is 29.0. The van der Waals surface area contributed by atoms with Gasteiger partial charge in [0.1, 0.15) is 46.9 Å². The van der Waals surface area contributed by atoms with Gasteiger partial charge < -0.3 is 29.8 Å². The van der Waals surface area contributed by atoms with Crippen LogP contribution in [0.1, 0.15) is 82.1 Å². The van der Waals surface area contributed by atoms with Crippen LogP contribution in [0, 0.1) is 23.3 Å². The zero-order valence-corrected chi connectivity index (χ0v) is 53.0. The molecule has 7 aromatic heterocycles. The summed E-state index contributed by atoms with van der Waals surface area (Å²) in [5, 5.41) is 12.9. The first-order chi connectivity index (χ1) is 44.5. The second kappa shape index (κ2) is 28.3. The van der Waals surface area contributed by atoms with Crippen molar-refractivity contribution in [2.45, 2.75) is 51.0 Å². The van der Waals surface area contributed by atoms with Gasteiger partial charge in [0.15, 0.2) is 15.7 Å². The normalized spacial score (nSPS) is 12.6. The third-order valence-electron chi connectivity index (χ3n) is 15.1. The van der Waals surface area contributed by atoms with Crippen LogP contribution in [0.25, 0.3) is 67.1 Å². The van der Waals surface area contributed by atoms with Gasteiger partial charge in [-0.3, -0.25) is 24.3 Å². The van der Waals surface area contributed by atoms with E-state index in [2.05, 4.69) is 51.0 Å². The number of carbonyl (C=O) groups excluding carboxylic acids is 2. The number of nitrogens with one attached hydrogen (secondary N) is 4. The average Bonchev–Trinajstić information content (AvgIpc) is 1.74. The van der Waals surface area contributed by atoms with Gasteiger partial charge in [-0.15, -0.1) is 0 Å². The third kappa shape index (κ3) is 14.9. The Morgan fingerprint density at radius 3 is 2.03 bits per heavy atom. The summed E-state index contributed by atoms with van der Waals surface area (Å²) in [6, 6.07) is 28.6. The maximum atomic E-state index is 15.2. The van der Waals surface area contributed by atoms with Crippen LogP contribution in [0.4, 0.5) is 23.2 Å². The Kier molecular flexibility index (Phi) is 20.1. The molecule has 26 heteroatoms. The predicted molar refractivity (Wildman–Crippen MR) is 349 cm³/mol. The van der Waals surface area contributed by atoms with E-state index in [1.807, 2.05) is 73.4 Å². The van der Waals surface area contributed by atoms with Crippen LogP contribution in [-0.4, -0.2) is 122 Å². The molecule has 0 amide bonds. The molecule has 93 heavy (non-hydrogen) atoms. The van der Waals surface area contributed by atoms with Crippen molar-refractivity contribution in [1.29, 1.82) is 0 Å². The summed E-state index contributed by atoms with van der Waals surface area (Å²) in [7, 11) is -3.41. The van der Waals surface area contributed by atoms with Crippen molar-refractivity contribution in [3.05, 3.63) is 220 Å². The van der Waals surface area contributed by atoms with Crippen molar-refractivity contribution in [1.82, 2.24) is 44.8 Å². The van der Waals surface area contributed by atoms with Crippen LogP contribution in [0.3, 0.4) is 0 Å². The summed E-state index contributed by atoms with van der Waals surface area (Å²) in [6.45, 7) is 6.10. The number of benzene rings is 4. The number of aryl methyl sites for hydroxylation is 1. The van der Waals surface area contributed by atoms with E-state index in [0.29, 0.717) is 40.7 Å². The number of ether oxygens (including phenoxy) is 1. The highest BCUT2D eigenvalue weighted by Gasteiger charge is 2.29. The van der Waals surface area contributed by atoms with E-state index >= 15 is 4.39 Å². The maximum Gasteiger partial charge on any atom is 0.232 e. The smallest absolute Gasteiger partial charge is 0.232 e. The summed E-state index contributed by atoms with van der Waals surface area (Å²) in [6.07, 6.45) is 14.3. The zero-order chi connectivity index (χ0) is 66.3. The van der Waals surface area contributed by atoms with E-state index < -0.39 is 82.5 Å². The van der Waals surface area contributed by atoms with Crippen molar-refractivity contribution >= 4 is 76.5 Å². The summed E-state index contributed by atoms with van der Waals surface area (Å²) in [5.74, 6) is -5.74. The molecule has 0 bridgehead atoms. The lowest BCUT2D eigenvalue weighted by molar-refractivity contribution is 0.102. The monoisotopic (exact) mass is 1320 g/mol. The van der Waals surface area contributed by atoms with Crippen LogP contribution < -0.4 is 9.46 Å². The molecule has 0 saturated carbocycles. The summed E-state index contributed by atoms with van der Waals surface area (Å²) in [5.41, 5.74) is 7.50. The van der Waals surface area contributed by atoms with Crippen molar-refractivity contribution < 1.29 is 53.9 Å². The number of sulfone groups is 1. The van der Waals surface area contributed by atoms with Gasteiger partial charge in [0.25, 0.3) is 0 Å². The first kappa shape index (κ1) is 66.0. The molecule has 478 valence electrons. The number of hydrogen-bond donors (Lipinski definition) is 5. The summed E-state index contributed by atoms with van der Waals surface area (Å²) in [4.78, 5) is 58.6. The molecule has 7 heterocycles. The number of imidazole rings is 1. The fourth-order valence-electron chi connectivity index (χ4n) is 10.2. The van der Waals surface area contributed by atoms with E-state index in [-0.39, 0.29) is 27.5 Å². The number of ketones is 2. The van der Waals surface area contributed by atoms with E-state index in [4.69, 9.17) is 21.3 Å². The minimum atomic E-state index is -3.81. The lowest BCUT2D eigenvalue weighted by Crippen LogP contribution is -2.19. The fraction of sp³-hybridized carbons (Fsp3) is 0.194. The number of H-pyrrole nitrogens is 3. The number of fused-ring (bicyclic) bond motifs is 3. The Labute approximate surface area is 537 Å². The molecule has 1 aliphatic carbocycles. The van der Waals surface area contributed by atoms with E-state index in [9.17, 15) is 44.8 Å². The zero-order valence-electron chi connectivity index (χ0n) is 50.6. The molecule has 0 unspecified atom stereocenters. The van der Waals surface area contributed by atoms with Crippen LogP contribution >= 0.6 is 11.6 Å². The molecule has 1 aliphatic rings. The van der Waals surface area contributed by atoms with Crippen molar-refractivity contribution in [2.24, 2.45) is 5.16 Å². The largest absolute Gasteiger partial charge is 0.492 e. The Morgan fingerprint density at radius 1 is 0.731 bits per heavy atom. The molecule has 0 radical (unpaired) electrons. The van der Waals surface area contributed by atoms with Crippen molar-refractivity contribution in [3.63, 3.8) is 0 Å². The topological polar surface area (TPSA) is 271 Å². The van der Waals surface area contributed by atoms with Crippen LogP contribution in [0.15, 0.2) is 158 Å². The summed E-state index contributed by atoms with van der Waals surface area (Å²) >= 11 is 5.88. The number of carbonyl (C=O) groups is 2. The molecule has 0 fully saturated rings. The molecule has 0 aliphatic heterocycles. The Hall–Kier alpha value is -9.95. The van der Waals surface area contributed by atoms with Gasteiger partial charge in [-0.25, -0.2) is 49.3 Å². The van der Waals surface area contributed by atoms with Crippen LogP contribution in [0.2, 0.25) is 5.02 Å². The van der Waals surface area contributed by atoms with Crippen LogP contribution in [0.5, 0.6) is 5.75 Å². The van der Waals surface area contributed by atoms with Crippen molar-refractivity contribution in [3.8, 4) is 50.8 Å². The molecule has 0 saturated heterocycles. The number of aromatic amines is 3. The molecular weight excluding hydrogens is 1260 g/mol. The summed E-state index contributed by atoms with van der Waals surface area (Å²) < 4.78 is 115. The van der Waals surface area contributed by atoms with Crippen LogP contribution in [-0.2, 0) is 32.0 Å². The number of likely N-dealkylation sites (N-methyl/N-ethyl adjacent to an activating group) is 1. The number of oxime groups is 1. The Balaban J connectivity index is 0.000000154. The number of pyridine rings is 4. The minimum absolute atomic E-state index is 0.0277. The molecule has 12 rings (SSSR count). The average molecular weight is 1320 g/mol. The highest BCUT2D eigenvalue weighted by atomic mass is 35.5. The van der Waals surface area contributed by atoms with E-state index in [0.717, 1.165) is 100 Å². The van der Waals surface area contributed by atoms with Crippen molar-refractivity contribution in [2.75, 3.05) is 37.7 Å². The van der Waals surface area contributed by atoms with Gasteiger partial charge in [-0.2, -0.15) is 0 Å². The first-order valence-corrected chi connectivity index (χ1v) is 32.8. The molecule has 11 aromatic rings. The molecule has 0 atom stereocenters. The van der Waals surface area contributed by atoms with Gasteiger partial charge in [0, 0.05) is 117 Å². The number of hydrogen-bond acceptors (Lipinski definition) is 15. The number of rotatable bonds is 19. The Morgan fingerprint density at radius 2 is 1.39 bits per heavy atom. The molecule has 0 spiro atoms.